The van der Waals surface area contributed by atoms with Crippen LogP contribution in [0.25, 0.3) is 0 Å². The molecule has 2 heterocycles. The van der Waals surface area contributed by atoms with Crippen molar-refractivity contribution < 1.29 is 9.59 Å². The lowest BCUT2D eigenvalue weighted by molar-refractivity contribution is -0.130. The third-order valence-electron chi connectivity index (χ3n) is 2.43. The average molecular weight is 292 g/mol. The number of hydrogen-bond acceptors (Lipinski definition) is 6. The van der Waals surface area contributed by atoms with Gasteiger partial charge in [-0.25, -0.2) is 0 Å². The molecule has 2 rings (SSSR count). The van der Waals surface area contributed by atoms with Gasteiger partial charge in [0.15, 0.2) is 0 Å². The summed E-state index contributed by atoms with van der Waals surface area (Å²) >= 11 is 12.6. The van der Waals surface area contributed by atoms with E-state index in [1.807, 2.05) is 0 Å². The fraction of sp³-hybridized carbons (Fsp3) is 0.500. The summed E-state index contributed by atoms with van der Waals surface area (Å²) in [6.07, 6.45) is 0. The van der Waals surface area contributed by atoms with Crippen LogP contribution in [0.3, 0.4) is 0 Å². The third kappa shape index (κ3) is 1.77. The van der Waals surface area contributed by atoms with Crippen LogP contribution in [0, 0.1) is 0 Å². The fourth-order valence-electron chi connectivity index (χ4n) is 1.42. The highest BCUT2D eigenvalue weighted by molar-refractivity contribution is 8.27. The van der Waals surface area contributed by atoms with Crippen LogP contribution in [-0.4, -0.2) is 54.9 Å². The van der Waals surface area contributed by atoms with Gasteiger partial charge in [-0.05, 0) is 0 Å². The molecule has 2 amide bonds. The molecule has 0 saturated carbocycles. The van der Waals surface area contributed by atoms with Crippen molar-refractivity contribution in [2.75, 3.05) is 14.1 Å². The Morgan fingerprint density at radius 3 is 1.44 bits per heavy atom. The number of nitrogens with zero attached hydrogens (tertiary/aromatic N) is 2. The molecule has 16 heavy (non-hydrogen) atoms. The van der Waals surface area contributed by atoms with E-state index >= 15 is 0 Å². The molecule has 2 aliphatic heterocycles. The first-order valence-corrected chi connectivity index (χ1v) is 6.97. The van der Waals surface area contributed by atoms with E-state index < -0.39 is 10.5 Å². The molecule has 0 bridgehead atoms. The quantitative estimate of drug-likeness (QED) is 0.663. The van der Waals surface area contributed by atoms with E-state index in [-0.39, 0.29) is 11.8 Å². The molecule has 2 fully saturated rings. The number of thiocarbonyl (C=S) groups is 2. The second kappa shape index (κ2) is 4.25. The molecule has 8 heteroatoms. The molecular formula is C8H8N2O2S4. The molecule has 0 spiro atoms. The summed E-state index contributed by atoms with van der Waals surface area (Å²) in [5.41, 5.74) is 0. The van der Waals surface area contributed by atoms with Gasteiger partial charge >= 0.3 is 0 Å². The molecule has 86 valence electrons. The highest BCUT2D eigenvalue weighted by Gasteiger charge is 2.48. The lowest BCUT2D eigenvalue weighted by Crippen LogP contribution is -2.38. The predicted molar refractivity (Wildman–Crippen MR) is 73.5 cm³/mol. The zero-order chi connectivity index (χ0) is 12.0. The monoisotopic (exact) mass is 292 g/mol. The minimum atomic E-state index is -0.433. The molecule has 0 aromatic heterocycles. The first kappa shape index (κ1) is 12.3. The van der Waals surface area contributed by atoms with Crippen LogP contribution in [0.4, 0.5) is 0 Å². The zero-order valence-electron chi connectivity index (χ0n) is 8.50. The zero-order valence-corrected chi connectivity index (χ0v) is 11.8. The lowest BCUT2D eigenvalue weighted by atomic mass is 10.2. The molecule has 2 saturated heterocycles. The summed E-state index contributed by atoms with van der Waals surface area (Å²) in [6, 6.07) is 0. The average Bonchev–Trinajstić information content (AvgIpc) is 2.64. The van der Waals surface area contributed by atoms with Crippen molar-refractivity contribution in [2.24, 2.45) is 0 Å². The largest absolute Gasteiger partial charge is 0.300 e. The van der Waals surface area contributed by atoms with Gasteiger partial charge in [0.2, 0.25) is 11.8 Å². The Kier molecular flexibility index (Phi) is 3.26. The summed E-state index contributed by atoms with van der Waals surface area (Å²) in [5.74, 6) is -0.224. The Labute approximate surface area is 112 Å². The normalized spacial score (nSPS) is 30.9. The summed E-state index contributed by atoms with van der Waals surface area (Å²) in [4.78, 5) is 26.5. The van der Waals surface area contributed by atoms with Crippen molar-refractivity contribution in [3.05, 3.63) is 0 Å². The maximum Gasteiger partial charge on any atom is 0.243 e. The van der Waals surface area contributed by atoms with E-state index in [9.17, 15) is 9.59 Å². The van der Waals surface area contributed by atoms with E-state index in [1.54, 1.807) is 14.1 Å². The Hall–Kier alpha value is -0.180. The van der Waals surface area contributed by atoms with E-state index in [0.717, 1.165) is 0 Å². The summed E-state index contributed by atoms with van der Waals surface area (Å²) in [6.45, 7) is 0. The van der Waals surface area contributed by atoms with E-state index in [4.69, 9.17) is 24.4 Å². The van der Waals surface area contributed by atoms with E-state index in [1.165, 1.54) is 33.3 Å². The van der Waals surface area contributed by atoms with Crippen LogP contribution in [-0.2, 0) is 9.59 Å². The molecule has 0 radical (unpaired) electrons. The van der Waals surface area contributed by atoms with Gasteiger partial charge in [0, 0.05) is 14.1 Å². The van der Waals surface area contributed by atoms with Gasteiger partial charge < -0.3 is 0 Å². The fourth-order valence-corrected chi connectivity index (χ4v) is 4.48. The summed E-state index contributed by atoms with van der Waals surface area (Å²) < 4.78 is 1.03. The molecule has 2 aliphatic rings. The maximum absolute atomic E-state index is 11.9. The van der Waals surface area contributed by atoms with Crippen LogP contribution in [0.1, 0.15) is 0 Å². The Morgan fingerprint density at radius 2 is 1.25 bits per heavy atom. The molecule has 0 aromatic carbocycles. The molecule has 2 unspecified atom stereocenters. The van der Waals surface area contributed by atoms with E-state index in [0.29, 0.717) is 8.64 Å². The first-order chi connectivity index (χ1) is 7.43. The highest BCUT2D eigenvalue weighted by Crippen LogP contribution is 2.38. The number of carbonyl (C=O) groups is 2. The van der Waals surface area contributed by atoms with Gasteiger partial charge in [0.05, 0.1) is 0 Å². The molecular weight excluding hydrogens is 284 g/mol. The predicted octanol–water partition coefficient (Wildman–Crippen LogP) is 0.704. The summed E-state index contributed by atoms with van der Waals surface area (Å²) in [7, 11) is 3.26. The second-order valence-electron chi connectivity index (χ2n) is 3.40. The minimum Gasteiger partial charge on any atom is -0.300 e. The van der Waals surface area contributed by atoms with Gasteiger partial charge in [-0.3, -0.25) is 19.4 Å². The van der Waals surface area contributed by atoms with Crippen LogP contribution in [0.15, 0.2) is 0 Å². The number of amides is 2. The Balaban J connectivity index is 2.22. The number of carbonyl (C=O) groups excluding carboxylic acids is 2. The third-order valence-corrected chi connectivity index (χ3v) is 6.13. The van der Waals surface area contributed by atoms with Gasteiger partial charge in [0.1, 0.15) is 19.1 Å². The van der Waals surface area contributed by atoms with Crippen molar-refractivity contribution >= 4 is 68.4 Å². The standard InChI is InChI=1S/C8H8N2O2S4/c1-9-5(11)3(15-7(9)13)4-6(12)10(2)8(14)16-4/h3-4H,1-2H3. The smallest absolute Gasteiger partial charge is 0.243 e. The Bertz CT molecular complexity index is 373. The first-order valence-electron chi connectivity index (χ1n) is 4.40. The lowest BCUT2D eigenvalue weighted by Gasteiger charge is -2.12. The molecule has 0 aliphatic carbocycles. The van der Waals surface area contributed by atoms with Gasteiger partial charge in [0.25, 0.3) is 0 Å². The van der Waals surface area contributed by atoms with Crippen molar-refractivity contribution in [1.29, 1.82) is 0 Å². The summed E-state index contributed by atoms with van der Waals surface area (Å²) in [5, 5.41) is -0.865. The number of rotatable bonds is 1. The van der Waals surface area contributed by atoms with Crippen molar-refractivity contribution in [1.82, 2.24) is 9.80 Å². The number of hydrogen-bond donors (Lipinski definition) is 0. The van der Waals surface area contributed by atoms with Crippen LogP contribution in [0.5, 0.6) is 0 Å². The van der Waals surface area contributed by atoms with Crippen molar-refractivity contribution in [2.45, 2.75) is 10.5 Å². The van der Waals surface area contributed by atoms with E-state index in [2.05, 4.69) is 0 Å². The highest BCUT2D eigenvalue weighted by atomic mass is 32.2. The molecule has 0 N–H and O–H groups in total. The van der Waals surface area contributed by atoms with Crippen molar-refractivity contribution in [3.63, 3.8) is 0 Å². The molecule has 0 aromatic rings. The maximum atomic E-state index is 11.9. The topological polar surface area (TPSA) is 40.6 Å². The van der Waals surface area contributed by atoms with Crippen LogP contribution in [0.2, 0.25) is 0 Å². The van der Waals surface area contributed by atoms with Crippen LogP contribution < -0.4 is 0 Å². The van der Waals surface area contributed by atoms with Gasteiger partial charge in [-0.2, -0.15) is 0 Å². The Morgan fingerprint density at radius 1 is 0.938 bits per heavy atom. The number of thioether (sulfide) groups is 2. The van der Waals surface area contributed by atoms with Gasteiger partial charge in [-0.1, -0.05) is 48.0 Å². The van der Waals surface area contributed by atoms with Crippen LogP contribution >= 0.6 is 48.0 Å². The van der Waals surface area contributed by atoms with Crippen molar-refractivity contribution in [3.8, 4) is 0 Å². The molecule has 2 atom stereocenters. The minimum absolute atomic E-state index is 0.112. The SMILES string of the molecule is CN1C(=O)C(C2SC(=S)N(C)C2=O)SC1=S. The molecule has 4 nitrogen and oxygen atoms in total. The second-order valence-corrected chi connectivity index (χ2v) is 6.95. The van der Waals surface area contributed by atoms with Gasteiger partial charge in [-0.15, -0.1) is 0 Å².